The number of nitrogens with two attached hydrogens (primary N) is 1. The van der Waals surface area contributed by atoms with E-state index in [1.165, 1.54) is 0 Å². The summed E-state index contributed by atoms with van der Waals surface area (Å²) in [6, 6.07) is 0. The molecule has 10 heavy (non-hydrogen) atoms. The molecule has 0 saturated carbocycles. The highest BCUT2D eigenvalue weighted by Gasteiger charge is 2.13. The Labute approximate surface area is 59.6 Å². The smallest absolute Gasteiger partial charge is 0.218 e. The predicted octanol–water partition coefficient (Wildman–Crippen LogP) is -0.881. The van der Waals surface area contributed by atoms with E-state index in [0.717, 1.165) is 13.0 Å². The van der Waals surface area contributed by atoms with Gasteiger partial charge in [-0.05, 0) is 6.42 Å². The molecule has 58 valence electrons. The number of guanidine groups is 1. The van der Waals surface area contributed by atoms with Crippen LogP contribution in [0.25, 0.3) is 0 Å². The fourth-order valence-electron chi connectivity index (χ4n) is 0.614. The summed E-state index contributed by atoms with van der Waals surface area (Å²) < 4.78 is 0. The Bertz CT molecular complexity index is 136. The fourth-order valence-corrected chi connectivity index (χ4v) is 0.614. The van der Waals surface area contributed by atoms with Crippen molar-refractivity contribution in [1.82, 2.24) is 10.8 Å². The van der Waals surface area contributed by atoms with Gasteiger partial charge in [0.1, 0.15) is 0 Å². The van der Waals surface area contributed by atoms with E-state index in [0.29, 0.717) is 5.96 Å². The average molecular weight is 144 g/mol. The summed E-state index contributed by atoms with van der Waals surface area (Å²) in [5.74, 6) is 0.620. The highest BCUT2D eigenvalue weighted by molar-refractivity contribution is 5.80. The average Bonchev–Trinajstić information content (AvgIpc) is 2.31. The van der Waals surface area contributed by atoms with Gasteiger partial charge < -0.3 is 5.32 Å². The second kappa shape index (κ2) is 3.38. The Kier molecular flexibility index (Phi) is 2.47. The summed E-state index contributed by atoms with van der Waals surface area (Å²) in [5, 5.41) is 2.78. The number of rotatable bonds is 2. The SMILES string of the molecule is CCCN=C1NOC(N)N1. The molecule has 0 aromatic carbocycles. The van der Waals surface area contributed by atoms with Gasteiger partial charge >= 0.3 is 0 Å². The lowest BCUT2D eigenvalue weighted by atomic mass is 10.5. The Morgan fingerprint density at radius 2 is 2.60 bits per heavy atom. The van der Waals surface area contributed by atoms with Gasteiger partial charge in [-0.3, -0.25) is 10.7 Å². The molecule has 0 amide bonds. The van der Waals surface area contributed by atoms with Crippen molar-refractivity contribution in [3.63, 3.8) is 0 Å². The maximum absolute atomic E-state index is 5.32. The molecule has 5 nitrogen and oxygen atoms in total. The first-order valence-corrected chi connectivity index (χ1v) is 3.31. The molecular weight excluding hydrogens is 132 g/mol. The van der Waals surface area contributed by atoms with E-state index in [1.807, 2.05) is 0 Å². The molecule has 1 unspecified atom stereocenters. The molecule has 0 aromatic heterocycles. The lowest BCUT2D eigenvalue weighted by Crippen LogP contribution is -2.34. The third-order valence-electron chi connectivity index (χ3n) is 1.06. The van der Waals surface area contributed by atoms with Crippen LogP contribution < -0.4 is 16.5 Å². The van der Waals surface area contributed by atoms with Crippen LogP contribution in [0, 0.1) is 0 Å². The largest absolute Gasteiger partial charge is 0.315 e. The van der Waals surface area contributed by atoms with Crippen LogP contribution in [-0.4, -0.2) is 18.9 Å². The van der Waals surface area contributed by atoms with Gasteiger partial charge in [0.05, 0.1) is 0 Å². The molecule has 0 bridgehead atoms. The molecule has 1 heterocycles. The molecule has 1 rings (SSSR count). The van der Waals surface area contributed by atoms with E-state index < -0.39 is 6.35 Å². The summed E-state index contributed by atoms with van der Waals surface area (Å²) in [6.45, 7) is 2.84. The maximum Gasteiger partial charge on any atom is 0.218 e. The number of hydrogen-bond donors (Lipinski definition) is 3. The zero-order valence-electron chi connectivity index (χ0n) is 5.92. The molecule has 1 fully saturated rings. The van der Waals surface area contributed by atoms with Gasteiger partial charge in [0.2, 0.25) is 12.3 Å². The lowest BCUT2D eigenvalue weighted by molar-refractivity contribution is 0.0410. The molecule has 0 spiro atoms. The van der Waals surface area contributed by atoms with Crippen molar-refractivity contribution < 1.29 is 4.84 Å². The molecular formula is C5H12N4O. The minimum Gasteiger partial charge on any atom is -0.315 e. The lowest BCUT2D eigenvalue weighted by Gasteiger charge is -1.95. The van der Waals surface area contributed by atoms with E-state index in [-0.39, 0.29) is 0 Å². The van der Waals surface area contributed by atoms with Crippen LogP contribution in [0.15, 0.2) is 4.99 Å². The first kappa shape index (κ1) is 7.30. The molecule has 4 N–H and O–H groups in total. The normalized spacial score (nSPS) is 28.2. The summed E-state index contributed by atoms with van der Waals surface area (Å²) in [6.07, 6.45) is 0.554. The second-order valence-electron chi connectivity index (χ2n) is 2.02. The zero-order chi connectivity index (χ0) is 7.40. The minimum atomic E-state index is -0.462. The van der Waals surface area contributed by atoms with Crippen LogP contribution in [0.5, 0.6) is 0 Å². The molecule has 0 radical (unpaired) electrons. The van der Waals surface area contributed by atoms with Crippen LogP contribution in [0.4, 0.5) is 0 Å². The van der Waals surface area contributed by atoms with Gasteiger partial charge in [-0.2, -0.15) is 0 Å². The van der Waals surface area contributed by atoms with Gasteiger partial charge in [0.25, 0.3) is 0 Å². The topological polar surface area (TPSA) is 71.7 Å². The molecule has 0 aromatic rings. The van der Waals surface area contributed by atoms with Crippen molar-refractivity contribution >= 4 is 5.96 Å². The second-order valence-corrected chi connectivity index (χ2v) is 2.02. The third-order valence-corrected chi connectivity index (χ3v) is 1.06. The van der Waals surface area contributed by atoms with E-state index in [2.05, 4.69) is 22.7 Å². The van der Waals surface area contributed by atoms with Gasteiger partial charge in [0, 0.05) is 6.54 Å². The van der Waals surface area contributed by atoms with Crippen LogP contribution in [0.1, 0.15) is 13.3 Å². The quantitative estimate of drug-likeness (QED) is 0.470. The monoisotopic (exact) mass is 144 g/mol. The van der Waals surface area contributed by atoms with E-state index in [9.17, 15) is 0 Å². The Morgan fingerprint density at radius 1 is 1.80 bits per heavy atom. The first-order valence-electron chi connectivity index (χ1n) is 3.31. The standard InChI is InChI=1S/C5H12N4O/c1-2-3-7-5-8-4(6)10-9-5/h4H,2-3,6H2,1H3,(H2,7,8,9). The van der Waals surface area contributed by atoms with E-state index >= 15 is 0 Å². The molecule has 1 aliphatic heterocycles. The summed E-state index contributed by atoms with van der Waals surface area (Å²) in [4.78, 5) is 8.83. The number of nitrogens with one attached hydrogen (secondary N) is 2. The molecule has 0 aliphatic carbocycles. The highest BCUT2D eigenvalue weighted by Crippen LogP contribution is 1.86. The van der Waals surface area contributed by atoms with E-state index in [1.54, 1.807) is 0 Å². The van der Waals surface area contributed by atoms with Gasteiger partial charge in [-0.1, -0.05) is 6.92 Å². The Morgan fingerprint density at radius 3 is 3.10 bits per heavy atom. The number of aliphatic imine (C=N–C) groups is 1. The Hall–Kier alpha value is -0.810. The maximum atomic E-state index is 5.32. The van der Waals surface area contributed by atoms with Crippen LogP contribution in [0.2, 0.25) is 0 Å². The van der Waals surface area contributed by atoms with Crippen molar-refractivity contribution in [2.24, 2.45) is 10.7 Å². The molecule has 1 atom stereocenters. The zero-order valence-corrected chi connectivity index (χ0v) is 5.92. The first-order chi connectivity index (χ1) is 4.83. The molecule has 1 aliphatic rings. The van der Waals surface area contributed by atoms with Crippen molar-refractivity contribution in [2.45, 2.75) is 19.7 Å². The summed E-state index contributed by atoms with van der Waals surface area (Å²) in [5.41, 5.74) is 7.88. The molecule has 1 saturated heterocycles. The summed E-state index contributed by atoms with van der Waals surface area (Å²) in [7, 11) is 0. The van der Waals surface area contributed by atoms with Crippen molar-refractivity contribution in [1.29, 1.82) is 0 Å². The number of hydrogen-bond acceptors (Lipinski definition) is 3. The van der Waals surface area contributed by atoms with Gasteiger partial charge in [-0.25, -0.2) is 10.3 Å². The van der Waals surface area contributed by atoms with E-state index in [4.69, 9.17) is 10.6 Å². The van der Waals surface area contributed by atoms with Gasteiger partial charge in [-0.15, -0.1) is 0 Å². The Balaban J connectivity index is 2.29. The van der Waals surface area contributed by atoms with Crippen LogP contribution in [0.3, 0.4) is 0 Å². The number of nitrogens with zero attached hydrogens (tertiary/aromatic N) is 1. The predicted molar refractivity (Wildman–Crippen MR) is 37.9 cm³/mol. The van der Waals surface area contributed by atoms with Crippen LogP contribution in [-0.2, 0) is 4.84 Å². The van der Waals surface area contributed by atoms with Crippen molar-refractivity contribution in [2.75, 3.05) is 6.54 Å². The molecule has 5 heteroatoms. The highest BCUT2D eigenvalue weighted by atomic mass is 16.7. The van der Waals surface area contributed by atoms with Crippen molar-refractivity contribution in [3.05, 3.63) is 0 Å². The van der Waals surface area contributed by atoms with Gasteiger partial charge in [0.15, 0.2) is 0 Å². The summed E-state index contributed by atoms with van der Waals surface area (Å²) >= 11 is 0. The van der Waals surface area contributed by atoms with Crippen LogP contribution >= 0.6 is 0 Å². The number of hydroxylamine groups is 1. The van der Waals surface area contributed by atoms with Crippen molar-refractivity contribution in [3.8, 4) is 0 Å². The third kappa shape index (κ3) is 1.85. The fraction of sp³-hybridized carbons (Fsp3) is 0.800. The minimum absolute atomic E-state index is 0.462.